The minimum Gasteiger partial charge on any atom is -0.349 e. The predicted octanol–water partition coefficient (Wildman–Crippen LogP) is 4.80. The number of para-hydroxylation sites is 1. The number of nitrogens with one attached hydrogen (secondary N) is 3. The molecule has 0 bridgehead atoms. The summed E-state index contributed by atoms with van der Waals surface area (Å²) in [4.78, 5) is 25.3. The van der Waals surface area contributed by atoms with Gasteiger partial charge in [-0.3, -0.25) is 9.59 Å². The molecule has 1 atom stereocenters. The summed E-state index contributed by atoms with van der Waals surface area (Å²) in [6, 6.07) is 21.9. The van der Waals surface area contributed by atoms with Crippen molar-refractivity contribution in [2.75, 3.05) is 11.9 Å². The average Bonchev–Trinajstić information content (AvgIpc) is 3.30. The van der Waals surface area contributed by atoms with Crippen molar-refractivity contribution in [2.24, 2.45) is 0 Å². The Hall–Kier alpha value is -3.18. The monoisotopic (exact) mass is 415 g/mol. The quantitative estimate of drug-likeness (QED) is 0.519. The highest BCUT2D eigenvalue weighted by Crippen LogP contribution is 2.24. The van der Waals surface area contributed by atoms with E-state index in [1.54, 1.807) is 12.1 Å². The van der Waals surface area contributed by atoms with E-state index in [0.29, 0.717) is 11.3 Å². The topological polar surface area (TPSA) is 70.2 Å². The number of amides is 2. The number of carbonyl (C=O) groups excluding carboxylic acids is 2. The highest BCUT2D eigenvalue weighted by atomic mass is 16.2. The number of hydrogen-bond donors (Lipinski definition) is 3. The molecular weight excluding hydrogens is 386 g/mol. The van der Waals surface area contributed by atoms with Crippen molar-refractivity contribution >= 4 is 28.3 Å². The van der Waals surface area contributed by atoms with E-state index >= 15 is 0 Å². The van der Waals surface area contributed by atoms with Gasteiger partial charge in [0.25, 0.3) is 5.91 Å². The van der Waals surface area contributed by atoms with Crippen LogP contribution in [0.3, 0.4) is 0 Å². The van der Waals surface area contributed by atoms with Gasteiger partial charge in [0, 0.05) is 12.1 Å². The lowest BCUT2D eigenvalue weighted by Gasteiger charge is -2.17. The number of benzene rings is 3. The Bertz CT molecular complexity index is 1070. The fourth-order valence-corrected chi connectivity index (χ4v) is 4.30. The van der Waals surface area contributed by atoms with Crippen molar-refractivity contribution in [3.8, 4) is 0 Å². The molecule has 5 nitrogen and oxygen atoms in total. The first kappa shape index (κ1) is 21.1. The summed E-state index contributed by atoms with van der Waals surface area (Å²) in [5, 5.41) is 11.7. The highest BCUT2D eigenvalue weighted by Gasteiger charge is 2.20. The molecule has 31 heavy (non-hydrogen) atoms. The normalized spacial score (nSPS) is 15.0. The van der Waals surface area contributed by atoms with Gasteiger partial charge in [-0.2, -0.15) is 0 Å². The zero-order valence-electron chi connectivity index (χ0n) is 17.9. The van der Waals surface area contributed by atoms with Crippen LogP contribution < -0.4 is 16.0 Å². The second-order valence-corrected chi connectivity index (χ2v) is 8.22. The molecule has 3 N–H and O–H groups in total. The van der Waals surface area contributed by atoms with Crippen LogP contribution in [-0.2, 0) is 4.79 Å². The molecule has 1 aliphatic carbocycles. The van der Waals surface area contributed by atoms with Crippen molar-refractivity contribution < 1.29 is 9.59 Å². The van der Waals surface area contributed by atoms with Gasteiger partial charge in [0.1, 0.15) is 0 Å². The molecule has 1 saturated carbocycles. The van der Waals surface area contributed by atoms with E-state index in [0.717, 1.165) is 31.2 Å². The molecule has 4 rings (SSSR count). The van der Waals surface area contributed by atoms with E-state index < -0.39 is 0 Å². The first-order chi connectivity index (χ1) is 15.1. The third kappa shape index (κ3) is 5.12. The maximum atomic E-state index is 12.7. The first-order valence-corrected chi connectivity index (χ1v) is 11.0. The molecule has 0 heterocycles. The van der Waals surface area contributed by atoms with Gasteiger partial charge < -0.3 is 16.0 Å². The largest absolute Gasteiger partial charge is 0.349 e. The lowest BCUT2D eigenvalue weighted by Crippen LogP contribution is -2.34. The summed E-state index contributed by atoms with van der Waals surface area (Å²) in [5.41, 5.74) is 2.20. The van der Waals surface area contributed by atoms with Crippen LogP contribution in [0.4, 0.5) is 5.69 Å². The molecule has 5 heteroatoms. The molecule has 1 fully saturated rings. The van der Waals surface area contributed by atoms with E-state index in [4.69, 9.17) is 0 Å². The molecule has 0 spiro atoms. The van der Waals surface area contributed by atoms with Crippen LogP contribution >= 0.6 is 0 Å². The molecule has 0 unspecified atom stereocenters. The van der Waals surface area contributed by atoms with Gasteiger partial charge in [-0.05, 0) is 48.2 Å². The van der Waals surface area contributed by atoms with E-state index in [1.165, 1.54) is 10.8 Å². The van der Waals surface area contributed by atoms with Crippen LogP contribution in [0.1, 0.15) is 54.6 Å². The molecule has 3 aromatic rings. The maximum absolute atomic E-state index is 12.7. The van der Waals surface area contributed by atoms with E-state index in [1.807, 2.05) is 30.3 Å². The number of carbonyl (C=O) groups is 2. The summed E-state index contributed by atoms with van der Waals surface area (Å²) >= 11 is 0. The van der Waals surface area contributed by atoms with Gasteiger partial charge in [-0.1, -0.05) is 67.4 Å². The van der Waals surface area contributed by atoms with Gasteiger partial charge in [-0.25, -0.2) is 0 Å². The van der Waals surface area contributed by atoms with Crippen molar-refractivity contribution in [1.82, 2.24) is 10.6 Å². The summed E-state index contributed by atoms with van der Waals surface area (Å²) in [7, 11) is 0. The Labute approximate surface area is 183 Å². The van der Waals surface area contributed by atoms with Crippen molar-refractivity contribution in [3.05, 3.63) is 77.9 Å². The molecular formula is C26H29N3O2. The Morgan fingerprint density at radius 1 is 0.935 bits per heavy atom. The molecule has 2 amide bonds. The first-order valence-electron chi connectivity index (χ1n) is 11.0. The highest BCUT2D eigenvalue weighted by molar-refractivity contribution is 6.04. The van der Waals surface area contributed by atoms with Crippen molar-refractivity contribution in [1.29, 1.82) is 0 Å². The average molecular weight is 416 g/mol. The Balaban J connectivity index is 1.38. The van der Waals surface area contributed by atoms with Crippen LogP contribution in [0.25, 0.3) is 10.8 Å². The third-order valence-electron chi connectivity index (χ3n) is 5.99. The van der Waals surface area contributed by atoms with Gasteiger partial charge >= 0.3 is 0 Å². The number of rotatable bonds is 7. The predicted molar refractivity (Wildman–Crippen MR) is 125 cm³/mol. The Morgan fingerprint density at radius 3 is 2.48 bits per heavy atom. The molecule has 160 valence electrons. The Kier molecular flexibility index (Phi) is 6.63. The SMILES string of the molecule is C[C@H](NCC(=O)Nc1ccccc1C(=O)NC1CCCC1)c1cccc2ccccc12. The van der Waals surface area contributed by atoms with E-state index in [-0.39, 0.29) is 30.4 Å². The fourth-order valence-electron chi connectivity index (χ4n) is 4.30. The van der Waals surface area contributed by atoms with Crippen LogP contribution in [0.5, 0.6) is 0 Å². The molecule has 0 aromatic heterocycles. The van der Waals surface area contributed by atoms with Crippen LogP contribution in [0, 0.1) is 0 Å². The molecule has 0 radical (unpaired) electrons. The fraction of sp³-hybridized carbons (Fsp3) is 0.308. The standard InChI is InChI=1S/C26H29N3O2/c1-18(21-15-8-10-19-9-2-5-13-22(19)21)27-17-25(30)29-24-16-7-6-14-23(24)26(31)28-20-11-3-4-12-20/h2,5-10,13-16,18,20,27H,3-4,11-12,17H2,1H3,(H,28,31)(H,29,30)/t18-/m0/s1. The van der Waals surface area contributed by atoms with Crippen molar-refractivity contribution in [2.45, 2.75) is 44.7 Å². The van der Waals surface area contributed by atoms with Crippen LogP contribution in [-0.4, -0.2) is 24.4 Å². The zero-order chi connectivity index (χ0) is 21.6. The van der Waals surface area contributed by atoms with Crippen LogP contribution in [0.2, 0.25) is 0 Å². The van der Waals surface area contributed by atoms with Gasteiger partial charge in [0.05, 0.1) is 17.8 Å². The minimum absolute atomic E-state index is 0.0118. The molecule has 0 aliphatic heterocycles. The van der Waals surface area contributed by atoms with Crippen molar-refractivity contribution in [3.63, 3.8) is 0 Å². The third-order valence-corrected chi connectivity index (χ3v) is 5.99. The summed E-state index contributed by atoms with van der Waals surface area (Å²) < 4.78 is 0. The smallest absolute Gasteiger partial charge is 0.253 e. The molecule has 0 saturated heterocycles. The Morgan fingerprint density at radius 2 is 1.65 bits per heavy atom. The lowest BCUT2D eigenvalue weighted by atomic mass is 10.00. The minimum atomic E-state index is -0.173. The van der Waals surface area contributed by atoms with E-state index in [9.17, 15) is 9.59 Å². The van der Waals surface area contributed by atoms with Gasteiger partial charge in [0.2, 0.25) is 5.91 Å². The summed E-state index contributed by atoms with van der Waals surface area (Å²) in [5.74, 6) is -0.298. The second-order valence-electron chi connectivity index (χ2n) is 8.22. The zero-order valence-corrected chi connectivity index (χ0v) is 17.9. The number of hydrogen-bond acceptors (Lipinski definition) is 3. The second kappa shape index (κ2) is 9.75. The number of fused-ring (bicyclic) bond motifs is 1. The van der Waals surface area contributed by atoms with Gasteiger partial charge in [-0.15, -0.1) is 0 Å². The van der Waals surface area contributed by atoms with Gasteiger partial charge in [0.15, 0.2) is 0 Å². The summed E-state index contributed by atoms with van der Waals surface area (Å²) in [6.45, 7) is 2.21. The van der Waals surface area contributed by atoms with Crippen LogP contribution in [0.15, 0.2) is 66.7 Å². The van der Waals surface area contributed by atoms with E-state index in [2.05, 4.69) is 47.1 Å². The maximum Gasteiger partial charge on any atom is 0.253 e. The molecule has 1 aliphatic rings. The lowest BCUT2D eigenvalue weighted by molar-refractivity contribution is -0.115. The molecule has 3 aromatic carbocycles. The summed E-state index contributed by atoms with van der Waals surface area (Å²) in [6.07, 6.45) is 4.36. The number of anilines is 1.